The van der Waals surface area contributed by atoms with E-state index in [1.54, 1.807) is 18.5 Å². The highest BCUT2D eigenvalue weighted by molar-refractivity contribution is 6.09. The maximum Gasteiger partial charge on any atom is 0.246 e. The van der Waals surface area contributed by atoms with Gasteiger partial charge in [-0.25, -0.2) is 9.97 Å². The summed E-state index contributed by atoms with van der Waals surface area (Å²) >= 11 is 0. The van der Waals surface area contributed by atoms with Crippen LogP contribution in [0.5, 0.6) is 0 Å². The summed E-state index contributed by atoms with van der Waals surface area (Å²) in [4.78, 5) is 13.2. The molecule has 0 bridgehead atoms. The third-order valence-electron chi connectivity index (χ3n) is 5.00. The Kier molecular flexibility index (Phi) is 3.10. The van der Waals surface area contributed by atoms with E-state index in [0.717, 1.165) is 22.2 Å². The standard InChI is InChI=1S/C23H14N4O/c1-3-7-20-16(5-1)17-6-2-4-8-21(17)27(20)15-9-10-18(25-13-15)23-26-19-14-24-12-11-22(19)28-23/h1-14H. The molecule has 2 aromatic carbocycles. The lowest BCUT2D eigenvalue weighted by atomic mass is 10.2. The Labute approximate surface area is 159 Å². The van der Waals surface area contributed by atoms with E-state index in [2.05, 4.69) is 68.0 Å². The van der Waals surface area contributed by atoms with Crippen LogP contribution >= 0.6 is 0 Å². The van der Waals surface area contributed by atoms with E-state index in [4.69, 9.17) is 4.42 Å². The predicted molar refractivity (Wildman–Crippen MR) is 109 cm³/mol. The Morgan fingerprint density at radius 1 is 0.750 bits per heavy atom. The predicted octanol–water partition coefficient (Wildman–Crippen LogP) is 5.38. The maximum absolute atomic E-state index is 5.80. The number of fused-ring (bicyclic) bond motifs is 4. The number of benzene rings is 2. The van der Waals surface area contributed by atoms with Gasteiger partial charge in [-0.05, 0) is 24.3 Å². The van der Waals surface area contributed by atoms with Crippen molar-refractivity contribution < 1.29 is 4.42 Å². The second-order valence-corrected chi connectivity index (χ2v) is 6.63. The van der Waals surface area contributed by atoms with Crippen LogP contribution in [0.4, 0.5) is 0 Å². The van der Waals surface area contributed by atoms with Crippen molar-refractivity contribution in [2.45, 2.75) is 0 Å². The zero-order chi connectivity index (χ0) is 18.5. The minimum absolute atomic E-state index is 0.497. The van der Waals surface area contributed by atoms with Crippen molar-refractivity contribution in [3.8, 4) is 17.3 Å². The Morgan fingerprint density at radius 3 is 2.18 bits per heavy atom. The molecule has 0 saturated heterocycles. The van der Waals surface area contributed by atoms with Crippen LogP contribution in [0.15, 0.2) is 89.7 Å². The third-order valence-corrected chi connectivity index (χ3v) is 5.00. The molecule has 0 atom stereocenters. The van der Waals surface area contributed by atoms with Gasteiger partial charge in [-0.2, -0.15) is 0 Å². The molecular formula is C23H14N4O. The van der Waals surface area contributed by atoms with Crippen molar-refractivity contribution in [3.63, 3.8) is 0 Å². The molecule has 0 amide bonds. The molecule has 0 spiro atoms. The van der Waals surface area contributed by atoms with E-state index in [1.807, 2.05) is 18.3 Å². The highest BCUT2D eigenvalue weighted by Gasteiger charge is 2.13. The van der Waals surface area contributed by atoms with Crippen molar-refractivity contribution in [3.05, 3.63) is 85.3 Å². The van der Waals surface area contributed by atoms with Crippen LogP contribution in [-0.2, 0) is 0 Å². The summed E-state index contributed by atoms with van der Waals surface area (Å²) in [6.45, 7) is 0. The molecule has 0 radical (unpaired) electrons. The van der Waals surface area contributed by atoms with Crippen LogP contribution in [0.3, 0.4) is 0 Å². The summed E-state index contributed by atoms with van der Waals surface area (Å²) < 4.78 is 8.04. The van der Waals surface area contributed by atoms with E-state index >= 15 is 0 Å². The van der Waals surface area contributed by atoms with Crippen molar-refractivity contribution in [2.24, 2.45) is 0 Å². The zero-order valence-electron chi connectivity index (χ0n) is 14.8. The van der Waals surface area contributed by atoms with Gasteiger partial charge in [0.25, 0.3) is 0 Å². The van der Waals surface area contributed by atoms with Gasteiger partial charge in [0.05, 0.1) is 29.1 Å². The highest BCUT2D eigenvalue weighted by atomic mass is 16.3. The fourth-order valence-electron chi connectivity index (χ4n) is 3.74. The molecule has 4 aromatic heterocycles. The third kappa shape index (κ3) is 2.16. The van der Waals surface area contributed by atoms with Crippen LogP contribution in [0, 0.1) is 0 Å². The van der Waals surface area contributed by atoms with E-state index in [0.29, 0.717) is 17.2 Å². The number of hydrogen-bond acceptors (Lipinski definition) is 4. The molecule has 0 aliphatic heterocycles. The van der Waals surface area contributed by atoms with Crippen molar-refractivity contribution >= 4 is 32.9 Å². The van der Waals surface area contributed by atoms with Gasteiger partial charge in [-0.3, -0.25) is 4.98 Å². The largest absolute Gasteiger partial charge is 0.435 e. The molecule has 0 N–H and O–H groups in total. The number of hydrogen-bond donors (Lipinski definition) is 0. The van der Waals surface area contributed by atoms with Crippen LogP contribution < -0.4 is 0 Å². The Bertz CT molecular complexity index is 1370. The SMILES string of the molecule is c1ccc2c(c1)c1ccccc1n2-c1ccc(-c2nc3cnccc3o2)nc1. The Hall–Kier alpha value is -3.99. The van der Waals surface area contributed by atoms with Gasteiger partial charge in [0.1, 0.15) is 11.2 Å². The van der Waals surface area contributed by atoms with Crippen LogP contribution in [-0.4, -0.2) is 19.5 Å². The van der Waals surface area contributed by atoms with E-state index in [-0.39, 0.29) is 0 Å². The fourth-order valence-corrected chi connectivity index (χ4v) is 3.74. The molecule has 28 heavy (non-hydrogen) atoms. The van der Waals surface area contributed by atoms with Gasteiger partial charge in [-0.1, -0.05) is 36.4 Å². The van der Waals surface area contributed by atoms with E-state index in [9.17, 15) is 0 Å². The number of oxazole rings is 1. The topological polar surface area (TPSA) is 56.7 Å². The molecule has 0 fully saturated rings. The van der Waals surface area contributed by atoms with Gasteiger partial charge in [0, 0.05) is 23.0 Å². The van der Waals surface area contributed by atoms with Gasteiger partial charge in [0.15, 0.2) is 5.58 Å². The second-order valence-electron chi connectivity index (χ2n) is 6.63. The molecule has 132 valence electrons. The molecule has 6 aromatic rings. The van der Waals surface area contributed by atoms with Gasteiger partial charge < -0.3 is 8.98 Å². The van der Waals surface area contributed by atoms with Crippen molar-refractivity contribution in [1.82, 2.24) is 19.5 Å². The summed E-state index contributed by atoms with van der Waals surface area (Å²) in [6, 6.07) is 22.6. The normalized spacial score (nSPS) is 11.6. The molecule has 4 heterocycles. The molecule has 0 saturated carbocycles. The zero-order valence-corrected chi connectivity index (χ0v) is 14.8. The molecule has 5 heteroatoms. The number of para-hydroxylation sites is 2. The molecular weight excluding hydrogens is 348 g/mol. The Balaban J connectivity index is 1.52. The average Bonchev–Trinajstić information content (AvgIpc) is 3.33. The van der Waals surface area contributed by atoms with Crippen LogP contribution in [0.25, 0.3) is 50.2 Å². The first-order valence-electron chi connectivity index (χ1n) is 9.04. The van der Waals surface area contributed by atoms with Gasteiger partial charge >= 0.3 is 0 Å². The summed E-state index contributed by atoms with van der Waals surface area (Å²) in [7, 11) is 0. The van der Waals surface area contributed by atoms with E-state index < -0.39 is 0 Å². The minimum atomic E-state index is 0.497. The van der Waals surface area contributed by atoms with E-state index in [1.165, 1.54) is 10.8 Å². The molecule has 0 unspecified atom stereocenters. The Morgan fingerprint density at radius 2 is 1.50 bits per heavy atom. The number of nitrogens with zero attached hydrogens (tertiary/aromatic N) is 4. The first-order valence-corrected chi connectivity index (χ1v) is 9.04. The summed E-state index contributed by atoms with van der Waals surface area (Å²) in [5.41, 5.74) is 5.45. The highest BCUT2D eigenvalue weighted by Crippen LogP contribution is 2.32. The summed E-state index contributed by atoms with van der Waals surface area (Å²) in [5, 5.41) is 2.46. The quantitative estimate of drug-likeness (QED) is 0.415. The van der Waals surface area contributed by atoms with Crippen LogP contribution in [0.2, 0.25) is 0 Å². The lowest BCUT2D eigenvalue weighted by molar-refractivity contribution is 0.616. The lowest BCUT2D eigenvalue weighted by Gasteiger charge is -2.07. The first kappa shape index (κ1) is 15.1. The van der Waals surface area contributed by atoms with Crippen LogP contribution in [0.1, 0.15) is 0 Å². The number of rotatable bonds is 2. The van der Waals surface area contributed by atoms with Crippen molar-refractivity contribution in [2.75, 3.05) is 0 Å². The summed E-state index contributed by atoms with van der Waals surface area (Å²) in [5.74, 6) is 0.497. The average molecular weight is 362 g/mol. The smallest absolute Gasteiger partial charge is 0.246 e. The fraction of sp³-hybridized carbons (Fsp3) is 0. The molecule has 6 rings (SSSR count). The molecule has 0 aliphatic rings. The maximum atomic E-state index is 5.80. The monoisotopic (exact) mass is 362 g/mol. The first-order chi connectivity index (χ1) is 13.9. The summed E-state index contributed by atoms with van der Waals surface area (Å²) in [6.07, 6.45) is 5.24. The lowest BCUT2D eigenvalue weighted by Crippen LogP contribution is -1.95. The van der Waals surface area contributed by atoms with Crippen molar-refractivity contribution in [1.29, 1.82) is 0 Å². The number of pyridine rings is 2. The second kappa shape index (κ2) is 5.76. The van der Waals surface area contributed by atoms with Gasteiger partial charge in [0.2, 0.25) is 5.89 Å². The molecule has 5 nitrogen and oxygen atoms in total. The minimum Gasteiger partial charge on any atom is -0.435 e. The number of aromatic nitrogens is 4. The van der Waals surface area contributed by atoms with Gasteiger partial charge in [-0.15, -0.1) is 0 Å². The molecule has 0 aliphatic carbocycles.